The molecule has 0 fully saturated rings. The van der Waals surface area contributed by atoms with E-state index in [1.54, 1.807) is 72.8 Å². The molecule has 0 amide bonds. The number of hydrogen-bond acceptors (Lipinski definition) is 6. The van der Waals surface area contributed by atoms with Crippen LogP contribution in [0.2, 0.25) is 0 Å². The summed E-state index contributed by atoms with van der Waals surface area (Å²) in [7, 11) is -3.71. The number of hydrogen-bond donors (Lipinski definition) is 1. The highest BCUT2D eigenvalue weighted by molar-refractivity contribution is 7.91. The second-order valence-electron chi connectivity index (χ2n) is 9.28. The van der Waals surface area contributed by atoms with Gasteiger partial charge in [0.25, 0.3) is 0 Å². The maximum atomic E-state index is 13.0. The second-order valence-corrected chi connectivity index (χ2v) is 11.2. The van der Waals surface area contributed by atoms with Crippen LogP contribution < -0.4 is 9.47 Å². The van der Waals surface area contributed by atoms with E-state index in [2.05, 4.69) is 6.92 Å². The summed E-state index contributed by atoms with van der Waals surface area (Å²) < 4.78 is 37.6. The third-order valence-electron chi connectivity index (χ3n) is 6.48. The molecule has 2 unspecified atom stereocenters. The quantitative estimate of drug-likeness (QED) is 0.202. The molecule has 4 rings (SSSR count). The Morgan fingerprint density at radius 3 is 1.59 bits per heavy atom. The van der Waals surface area contributed by atoms with Crippen molar-refractivity contribution in [2.45, 2.75) is 55.6 Å². The lowest BCUT2D eigenvalue weighted by Crippen LogP contribution is -2.09. The van der Waals surface area contributed by atoms with Gasteiger partial charge < -0.3 is 14.6 Å². The van der Waals surface area contributed by atoms with E-state index in [4.69, 9.17) is 9.47 Å². The summed E-state index contributed by atoms with van der Waals surface area (Å²) in [5.74, 6) is 1.60. The van der Waals surface area contributed by atoms with Crippen molar-refractivity contribution >= 4 is 15.6 Å². The summed E-state index contributed by atoms with van der Waals surface area (Å²) in [6.45, 7) is 5.91. The molecule has 0 saturated heterocycles. The molecule has 2 atom stereocenters. The zero-order valence-corrected chi connectivity index (χ0v) is 23.0. The maximum absolute atomic E-state index is 13.0. The van der Waals surface area contributed by atoms with Crippen molar-refractivity contribution in [1.82, 2.24) is 0 Å². The van der Waals surface area contributed by atoms with Gasteiger partial charge in [0.2, 0.25) is 9.84 Å². The van der Waals surface area contributed by atoms with Crippen LogP contribution in [0.1, 0.15) is 61.2 Å². The van der Waals surface area contributed by atoms with E-state index in [9.17, 15) is 18.3 Å². The first-order valence-corrected chi connectivity index (χ1v) is 14.4. The number of benzene rings is 4. The highest BCUT2D eigenvalue weighted by Crippen LogP contribution is 2.28. The van der Waals surface area contributed by atoms with E-state index in [1.807, 2.05) is 13.8 Å². The zero-order chi connectivity index (χ0) is 28.0. The van der Waals surface area contributed by atoms with Crippen molar-refractivity contribution in [2.24, 2.45) is 0 Å². The van der Waals surface area contributed by atoms with E-state index in [1.165, 1.54) is 24.3 Å². The molecular weight excluding hydrogens is 512 g/mol. The van der Waals surface area contributed by atoms with E-state index in [0.29, 0.717) is 34.6 Å². The monoisotopic (exact) mass is 544 g/mol. The first-order chi connectivity index (χ1) is 18.7. The molecular formula is C32H32O6S. The Balaban J connectivity index is 1.40. The van der Waals surface area contributed by atoms with Crippen LogP contribution in [0.25, 0.3) is 0 Å². The van der Waals surface area contributed by atoms with Gasteiger partial charge in [-0.25, -0.2) is 8.42 Å². The van der Waals surface area contributed by atoms with Crippen molar-refractivity contribution in [3.8, 4) is 17.2 Å². The fourth-order valence-electron chi connectivity index (χ4n) is 3.91. The predicted molar refractivity (Wildman–Crippen MR) is 150 cm³/mol. The number of ether oxygens (including phenoxy) is 2. The van der Waals surface area contributed by atoms with Gasteiger partial charge in [0.1, 0.15) is 17.2 Å². The van der Waals surface area contributed by atoms with Crippen LogP contribution in [-0.4, -0.2) is 25.4 Å². The third-order valence-corrected chi connectivity index (χ3v) is 8.26. The van der Waals surface area contributed by atoms with E-state index >= 15 is 0 Å². The molecule has 4 aromatic rings. The number of sulfone groups is 1. The maximum Gasteiger partial charge on any atom is 0.206 e. The van der Waals surface area contributed by atoms with Crippen molar-refractivity contribution in [3.05, 3.63) is 114 Å². The fourth-order valence-corrected chi connectivity index (χ4v) is 5.17. The van der Waals surface area contributed by atoms with Crippen LogP contribution in [0.4, 0.5) is 0 Å². The Morgan fingerprint density at radius 2 is 1.13 bits per heavy atom. The lowest BCUT2D eigenvalue weighted by molar-refractivity contribution is 0.103. The normalized spacial score (nSPS) is 12.9. The fraction of sp³-hybridized carbons (Fsp3) is 0.219. The van der Waals surface area contributed by atoms with Crippen molar-refractivity contribution in [1.29, 1.82) is 0 Å². The molecule has 4 aromatic carbocycles. The highest BCUT2D eigenvalue weighted by Gasteiger charge is 2.18. The number of ketones is 1. The molecule has 0 aromatic heterocycles. The largest absolute Gasteiger partial charge is 0.491 e. The smallest absolute Gasteiger partial charge is 0.206 e. The number of aliphatic hydroxyl groups is 1. The Morgan fingerprint density at radius 1 is 0.692 bits per heavy atom. The zero-order valence-electron chi connectivity index (χ0n) is 22.2. The number of carbonyl (C=O) groups excluding carboxylic acids is 1. The van der Waals surface area contributed by atoms with Gasteiger partial charge in [0, 0.05) is 11.1 Å². The summed E-state index contributed by atoms with van der Waals surface area (Å²) in [6.07, 6.45) is 0.942. The highest BCUT2D eigenvalue weighted by atomic mass is 32.2. The standard InChI is InChI=1S/C32H32O6S/c1-4-22(3)37-26-12-6-24(7-13-26)32(34)25-8-14-27(15-9-25)38-28-16-20-30(21-17-28)39(35,36)29-18-10-23(11-19-29)31(33)5-2/h6-22,31,33H,4-5H2,1-3H3. The van der Waals surface area contributed by atoms with Gasteiger partial charge in [-0.15, -0.1) is 0 Å². The molecule has 7 heteroatoms. The first-order valence-electron chi connectivity index (χ1n) is 12.9. The lowest BCUT2D eigenvalue weighted by Gasteiger charge is -2.12. The van der Waals surface area contributed by atoms with Gasteiger partial charge in [-0.05, 0) is 110 Å². The number of aliphatic hydroxyl groups excluding tert-OH is 1. The molecule has 0 aliphatic rings. The van der Waals surface area contributed by atoms with Gasteiger partial charge in [-0.2, -0.15) is 0 Å². The molecule has 202 valence electrons. The van der Waals surface area contributed by atoms with Gasteiger partial charge >= 0.3 is 0 Å². The Kier molecular flexibility index (Phi) is 8.84. The molecule has 1 N–H and O–H groups in total. The van der Waals surface area contributed by atoms with Gasteiger partial charge in [0.05, 0.1) is 22.0 Å². The van der Waals surface area contributed by atoms with Crippen LogP contribution in [0.15, 0.2) is 107 Å². The summed E-state index contributed by atoms with van der Waals surface area (Å²) >= 11 is 0. The Bertz CT molecular complexity index is 1490. The summed E-state index contributed by atoms with van der Waals surface area (Å²) in [6, 6.07) is 26.3. The summed E-state index contributed by atoms with van der Waals surface area (Å²) in [4.78, 5) is 13.2. The van der Waals surface area contributed by atoms with Crippen molar-refractivity contribution in [3.63, 3.8) is 0 Å². The van der Waals surface area contributed by atoms with E-state index in [0.717, 1.165) is 12.2 Å². The molecule has 0 radical (unpaired) electrons. The van der Waals surface area contributed by atoms with E-state index < -0.39 is 15.9 Å². The molecule has 39 heavy (non-hydrogen) atoms. The predicted octanol–water partition coefficient (Wildman–Crippen LogP) is 7.16. The second kappa shape index (κ2) is 12.3. The van der Waals surface area contributed by atoms with Crippen molar-refractivity contribution < 1.29 is 27.8 Å². The van der Waals surface area contributed by atoms with Gasteiger partial charge in [-0.3, -0.25) is 4.79 Å². The van der Waals surface area contributed by atoms with Crippen LogP contribution >= 0.6 is 0 Å². The molecule has 0 aliphatic carbocycles. The van der Waals surface area contributed by atoms with Crippen LogP contribution in [0, 0.1) is 0 Å². The lowest BCUT2D eigenvalue weighted by atomic mass is 10.0. The topological polar surface area (TPSA) is 89.9 Å². The van der Waals surface area contributed by atoms with Crippen molar-refractivity contribution in [2.75, 3.05) is 0 Å². The molecule has 0 aliphatic heterocycles. The molecule has 6 nitrogen and oxygen atoms in total. The number of carbonyl (C=O) groups is 1. The minimum atomic E-state index is -3.71. The molecule has 0 saturated carbocycles. The average Bonchev–Trinajstić information content (AvgIpc) is 2.97. The summed E-state index contributed by atoms with van der Waals surface area (Å²) in [5.41, 5.74) is 1.77. The Hall–Kier alpha value is -3.94. The Labute approximate surface area is 229 Å². The minimum absolute atomic E-state index is 0.108. The minimum Gasteiger partial charge on any atom is -0.491 e. The number of rotatable bonds is 11. The molecule has 0 spiro atoms. The van der Waals surface area contributed by atoms with Crippen LogP contribution in [0.3, 0.4) is 0 Å². The first kappa shape index (κ1) is 28.1. The summed E-state index contributed by atoms with van der Waals surface area (Å²) in [5, 5.41) is 9.94. The van der Waals surface area contributed by atoms with Gasteiger partial charge in [0.15, 0.2) is 5.78 Å². The van der Waals surface area contributed by atoms with Crippen LogP contribution in [-0.2, 0) is 9.84 Å². The van der Waals surface area contributed by atoms with Crippen LogP contribution in [0.5, 0.6) is 17.2 Å². The third kappa shape index (κ3) is 6.74. The van der Waals surface area contributed by atoms with E-state index in [-0.39, 0.29) is 21.7 Å². The molecule has 0 heterocycles. The SMILES string of the molecule is CCC(C)Oc1ccc(C(=O)c2ccc(Oc3ccc(S(=O)(=O)c4ccc(C(O)CC)cc4)cc3)cc2)cc1. The molecule has 0 bridgehead atoms. The van der Waals surface area contributed by atoms with Gasteiger partial charge in [-0.1, -0.05) is 26.0 Å². The average molecular weight is 545 g/mol.